The van der Waals surface area contributed by atoms with E-state index in [1.54, 1.807) is 16.9 Å². The van der Waals surface area contributed by atoms with Gasteiger partial charge in [0.2, 0.25) is 11.8 Å². The van der Waals surface area contributed by atoms with Crippen LogP contribution in [-0.4, -0.2) is 85.7 Å². The maximum absolute atomic E-state index is 13.8. The first kappa shape index (κ1) is 22.1. The fourth-order valence-electron chi connectivity index (χ4n) is 5.93. The number of para-hydroxylation sites is 2. The summed E-state index contributed by atoms with van der Waals surface area (Å²) in [6.07, 6.45) is 0.510. The Hall–Kier alpha value is -3.36. The van der Waals surface area contributed by atoms with Gasteiger partial charge in [-0.05, 0) is 17.7 Å². The lowest BCUT2D eigenvalue weighted by Crippen LogP contribution is -3.14. The molecule has 2 aromatic carbocycles. The lowest BCUT2D eigenvalue weighted by Gasteiger charge is -2.47. The molecule has 0 spiro atoms. The Labute approximate surface area is 204 Å². The Morgan fingerprint density at radius 3 is 2.69 bits per heavy atom. The topological polar surface area (TPSA) is 79.3 Å². The van der Waals surface area contributed by atoms with Crippen molar-refractivity contribution in [2.75, 3.05) is 53.0 Å². The third-order valence-electron chi connectivity index (χ3n) is 7.71. The number of hydrogen-bond donors (Lipinski definition) is 2. The predicted octanol–water partition coefficient (Wildman–Crippen LogP) is 0.777. The minimum Gasteiger partial charge on any atom is -0.496 e. The van der Waals surface area contributed by atoms with E-state index in [1.165, 1.54) is 4.90 Å². The van der Waals surface area contributed by atoms with E-state index in [0.29, 0.717) is 18.7 Å². The van der Waals surface area contributed by atoms with Gasteiger partial charge in [0.05, 0.1) is 33.4 Å². The fraction of sp³-hybridized carbons (Fsp3) is 0.407. The van der Waals surface area contributed by atoms with Gasteiger partial charge in [-0.1, -0.05) is 36.4 Å². The average Bonchev–Trinajstić information content (AvgIpc) is 3.28. The third-order valence-corrected chi connectivity index (χ3v) is 7.71. The summed E-state index contributed by atoms with van der Waals surface area (Å²) in [6.45, 7) is 4.93. The molecular weight excluding hydrogens is 444 g/mol. The molecule has 2 N–H and O–H groups in total. The van der Waals surface area contributed by atoms with Gasteiger partial charge in [-0.25, -0.2) is 0 Å². The summed E-state index contributed by atoms with van der Waals surface area (Å²) in [5, 5.41) is 1.11. The molecule has 35 heavy (non-hydrogen) atoms. The number of rotatable bonds is 5. The molecule has 8 nitrogen and oxygen atoms in total. The van der Waals surface area contributed by atoms with Crippen LogP contribution in [0.1, 0.15) is 22.9 Å². The predicted molar refractivity (Wildman–Crippen MR) is 130 cm³/mol. The maximum atomic E-state index is 13.8. The van der Waals surface area contributed by atoms with Crippen LogP contribution in [-0.2, 0) is 20.7 Å². The highest BCUT2D eigenvalue weighted by molar-refractivity contribution is 5.97. The van der Waals surface area contributed by atoms with Crippen molar-refractivity contribution in [3.8, 4) is 5.75 Å². The van der Waals surface area contributed by atoms with Gasteiger partial charge in [0.25, 0.3) is 0 Å². The zero-order valence-electron chi connectivity index (χ0n) is 20.0. The van der Waals surface area contributed by atoms with Crippen molar-refractivity contribution in [3.05, 3.63) is 65.4 Å². The molecule has 3 aromatic rings. The number of carbonyl (C=O) groups excluding carboxylic acids is 2. The summed E-state index contributed by atoms with van der Waals surface area (Å²) in [4.78, 5) is 36.1. The summed E-state index contributed by atoms with van der Waals surface area (Å²) in [6, 6.07) is 15.0. The fourth-order valence-corrected chi connectivity index (χ4v) is 5.93. The molecule has 0 bridgehead atoms. The van der Waals surface area contributed by atoms with Crippen LogP contribution in [0.4, 0.5) is 0 Å². The van der Waals surface area contributed by atoms with Crippen molar-refractivity contribution < 1.29 is 24.0 Å². The number of nitrogens with zero attached hydrogens (tertiary/aromatic N) is 2. The van der Waals surface area contributed by atoms with Crippen molar-refractivity contribution >= 4 is 22.7 Å². The van der Waals surface area contributed by atoms with Gasteiger partial charge in [0.15, 0.2) is 0 Å². The molecule has 8 heteroatoms. The number of aromatic nitrogens is 1. The quantitative estimate of drug-likeness (QED) is 0.572. The number of hydrogen-bond acceptors (Lipinski definition) is 4. The van der Waals surface area contributed by atoms with Gasteiger partial charge < -0.3 is 29.2 Å². The minimum absolute atomic E-state index is 0.0215. The van der Waals surface area contributed by atoms with Gasteiger partial charge in [-0.2, -0.15) is 0 Å². The molecule has 2 fully saturated rings. The molecule has 2 amide bonds. The number of quaternary nitrogens is 1. The summed E-state index contributed by atoms with van der Waals surface area (Å²) in [5.74, 6) is 0.723. The van der Waals surface area contributed by atoms with E-state index < -0.39 is 12.1 Å². The molecule has 0 unspecified atom stereocenters. The molecule has 182 valence electrons. The number of nitrogens with one attached hydrogen (secondary N) is 2. The van der Waals surface area contributed by atoms with E-state index in [1.807, 2.05) is 42.5 Å². The number of fused-ring (bicyclic) bond motifs is 4. The first-order valence-electron chi connectivity index (χ1n) is 12.4. The molecule has 3 aliphatic heterocycles. The zero-order chi connectivity index (χ0) is 23.9. The highest BCUT2D eigenvalue weighted by atomic mass is 16.5. The summed E-state index contributed by atoms with van der Waals surface area (Å²) < 4.78 is 11.2. The minimum atomic E-state index is -0.530. The highest BCUT2D eigenvalue weighted by Crippen LogP contribution is 2.44. The number of piperazine rings is 1. The van der Waals surface area contributed by atoms with Gasteiger partial charge in [0.1, 0.15) is 37.5 Å². The molecule has 1 aromatic heterocycles. The van der Waals surface area contributed by atoms with Crippen LogP contribution in [0.25, 0.3) is 10.9 Å². The van der Waals surface area contributed by atoms with Crippen LogP contribution in [0.3, 0.4) is 0 Å². The normalized spacial score (nSPS) is 22.9. The number of benzene rings is 2. The van der Waals surface area contributed by atoms with E-state index in [9.17, 15) is 9.59 Å². The van der Waals surface area contributed by atoms with Crippen LogP contribution >= 0.6 is 0 Å². The van der Waals surface area contributed by atoms with Crippen LogP contribution < -0.4 is 9.64 Å². The average molecular weight is 476 g/mol. The summed E-state index contributed by atoms with van der Waals surface area (Å²) >= 11 is 0. The lowest BCUT2D eigenvalue weighted by atomic mass is 9.86. The number of ether oxygens (including phenoxy) is 2. The van der Waals surface area contributed by atoms with Gasteiger partial charge >= 0.3 is 0 Å². The first-order valence-corrected chi connectivity index (χ1v) is 12.4. The van der Waals surface area contributed by atoms with Crippen LogP contribution in [0, 0.1) is 0 Å². The first-order chi connectivity index (χ1) is 17.2. The second kappa shape index (κ2) is 9.02. The largest absolute Gasteiger partial charge is 0.496 e. The molecular formula is C27H31N4O4+. The highest BCUT2D eigenvalue weighted by Gasteiger charge is 2.48. The standard InChI is InChI=1S/C27H30N4O4/c1-34-23-9-5-3-7-19(23)26-25-20(18-6-2-4-8-21(18)28-25)16-22-27(33)30(17-24(32)31(22)26)11-10-29-12-14-35-15-13-29/h2-9,22,26,28H,10-17H2,1H3/p+1/t22-,26+/m0/s1. The smallest absolute Gasteiger partial charge is 0.246 e. The van der Waals surface area contributed by atoms with E-state index in [-0.39, 0.29) is 18.4 Å². The van der Waals surface area contributed by atoms with Crippen molar-refractivity contribution in [2.24, 2.45) is 0 Å². The van der Waals surface area contributed by atoms with Crippen molar-refractivity contribution in [3.63, 3.8) is 0 Å². The van der Waals surface area contributed by atoms with Crippen LogP contribution in [0.5, 0.6) is 5.75 Å². The van der Waals surface area contributed by atoms with Crippen molar-refractivity contribution in [1.29, 1.82) is 0 Å². The Morgan fingerprint density at radius 1 is 1.09 bits per heavy atom. The lowest BCUT2D eigenvalue weighted by molar-refractivity contribution is -0.907. The number of amides is 2. The van der Waals surface area contributed by atoms with Crippen molar-refractivity contribution in [2.45, 2.75) is 18.5 Å². The number of aromatic amines is 1. The van der Waals surface area contributed by atoms with E-state index in [2.05, 4.69) is 11.1 Å². The van der Waals surface area contributed by atoms with E-state index >= 15 is 0 Å². The SMILES string of the molecule is COc1ccccc1[C@@H]1c2[nH]c3ccccc3c2C[C@H]2C(=O)N(CC[NH+]3CCOCC3)CC(=O)N12. The third kappa shape index (κ3) is 3.77. The molecule has 0 saturated carbocycles. The van der Waals surface area contributed by atoms with Crippen molar-refractivity contribution in [1.82, 2.24) is 14.8 Å². The summed E-state index contributed by atoms with van der Waals surface area (Å²) in [5.41, 5.74) is 3.99. The molecule has 6 rings (SSSR count). The van der Waals surface area contributed by atoms with Gasteiger partial charge in [0, 0.05) is 28.6 Å². The van der Waals surface area contributed by atoms with E-state index in [4.69, 9.17) is 9.47 Å². The van der Waals surface area contributed by atoms with Crippen LogP contribution in [0.2, 0.25) is 0 Å². The summed E-state index contributed by atoms with van der Waals surface area (Å²) in [7, 11) is 1.64. The number of morpholine rings is 1. The molecule has 2 saturated heterocycles. The Bertz CT molecular complexity index is 1270. The van der Waals surface area contributed by atoms with E-state index in [0.717, 1.165) is 60.6 Å². The maximum Gasteiger partial charge on any atom is 0.246 e. The monoisotopic (exact) mass is 475 g/mol. The number of carbonyl (C=O) groups is 2. The molecule has 4 heterocycles. The molecule has 3 aliphatic rings. The number of methoxy groups -OCH3 is 1. The van der Waals surface area contributed by atoms with Gasteiger partial charge in [-0.15, -0.1) is 0 Å². The number of H-pyrrole nitrogens is 1. The molecule has 0 aliphatic carbocycles. The van der Waals surface area contributed by atoms with Gasteiger partial charge in [-0.3, -0.25) is 9.59 Å². The zero-order valence-corrected chi connectivity index (χ0v) is 20.0. The molecule has 0 radical (unpaired) electrons. The Kier molecular flexibility index (Phi) is 5.70. The Morgan fingerprint density at radius 2 is 1.86 bits per heavy atom. The Balaban J connectivity index is 1.39. The second-order valence-corrected chi connectivity index (χ2v) is 9.60. The second-order valence-electron chi connectivity index (χ2n) is 9.60. The van der Waals surface area contributed by atoms with Crippen LogP contribution in [0.15, 0.2) is 48.5 Å². The molecule has 2 atom stereocenters.